The summed E-state index contributed by atoms with van der Waals surface area (Å²) < 4.78 is 0. The normalized spacial score (nSPS) is 12.5. The van der Waals surface area contributed by atoms with Crippen LogP contribution in [0.4, 0.5) is 0 Å². The van der Waals surface area contributed by atoms with Gasteiger partial charge in [-0.2, -0.15) is 0 Å². The lowest BCUT2D eigenvalue weighted by atomic mass is 10.1. The van der Waals surface area contributed by atoms with Crippen LogP contribution < -0.4 is 0 Å². The predicted octanol–water partition coefficient (Wildman–Crippen LogP) is 2.34. The molecule has 0 aliphatic rings. The molecule has 1 aromatic rings. The van der Waals surface area contributed by atoms with Crippen LogP contribution >= 0.6 is 11.6 Å². The number of hydrogen-bond acceptors (Lipinski definition) is 1. The Morgan fingerprint density at radius 3 is 2.50 bits per heavy atom. The quantitative estimate of drug-likeness (QED) is 0.761. The Labute approximate surface area is 77.3 Å². The summed E-state index contributed by atoms with van der Waals surface area (Å²) in [5.74, 6) is 0. The number of rotatable bonds is 3. The second kappa shape index (κ2) is 4.29. The summed E-state index contributed by atoms with van der Waals surface area (Å²) in [4.78, 5) is 0. The third-order valence-corrected chi connectivity index (χ3v) is 1.89. The zero-order valence-electron chi connectivity index (χ0n) is 6.70. The van der Waals surface area contributed by atoms with Crippen LogP contribution in [0.2, 0.25) is 0 Å². The topological polar surface area (TPSA) is 20.2 Å². The van der Waals surface area contributed by atoms with E-state index in [1.54, 1.807) is 0 Å². The molecule has 0 saturated carbocycles. The van der Waals surface area contributed by atoms with E-state index in [1.807, 2.05) is 30.3 Å². The van der Waals surface area contributed by atoms with Crippen LogP contribution in [-0.2, 0) is 6.42 Å². The van der Waals surface area contributed by atoms with Crippen molar-refractivity contribution in [3.63, 3.8) is 0 Å². The first-order valence-electron chi connectivity index (χ1n) is 3.76. The van der Waals surface area contributed by atoms with Gasteiger partial charge in [0.05, 0.1) is 6.10 Å². The van der Waals surface area contributed by atoms with E-state index in [9.17, 15) is 5.11 Å². The van der Waals surface area contributed by atoms with Gasteiger partial charge in [-0.3, -0.25) is 0 Å². The van der Waals surface area contributed by atoms with Gasteiger partial charge in [-0.25, -0.2) is 0 Å². The minimum absolute atomic E-state index is 0.291. The van der Waals surface area contributed by atoms with Crippen LogP contribution in [0.25, 0.3) is 0 Å². The standard InChI is InChI=1S/C10H11ClO/c1-8(11)10(12)7-9-5-3-2-4-6-9/h2-6,10,12H,1,7H2. The Bertz CT molecular complexity index is 256. The van der Waals surface area contributed by atoms with Crippen LogP contribution in [0.3, 0.4) is 0 Å². The van der Waals surface area contributed by atoms with Crippen molar-refractivity contribution in [2.24, 2.45) is 0 Å². The van der Waals surface area contributed by atoms with E-state index < -0.39 is 6.10 Å². The minimum Gasteiger partial charge on any atom is -0.387 e. The third-order valence-electron chi connectivity index (χ3n) is 1.63. The SMILES string of the molecule is C=C(Cl)C(O)Cc1ccccc1. The lowest BCUT2D eigenvalue weighted by Crippen LogP contribution is -2.09. The van der Waals surface area contributed by atoms with Gasteiger partial charge in [-0.05, 0) is 5.56 Å². The molecule has 0 bridgehead atoms. The van der Waals surface area contributed by atoms with Gasteiger partial charge in [0.25, 0.3) is 0 Å². The van der Waals surface area contributed by atoms with Crippen molar-refractivity contribution >= 4 is 11.6 Å². The molecule has 0 aliphatic heterocycles. The molecule has 1 N–H and O–H groups in total. The number of aliphatic hydroxyl groups is 1. The fourth-order valence-electron chi connectivity index (χ4n) is 0.948. The maximum Gasteiger partial charge on any atom is 0.0929 e. The molecule has 0 aromatic heterocycles. The monoisotopic (exact) mass is 182 g/mol. The second-order valence-corrected chi connectivity index (χ2v) is 3.14. The first kappa shape index (κ1) is 9.30. The molecular formula is C10H11ClO. The van der Waals surface area contributed by atoms with Crippen LogP contribution in [0.15, 0.2) is 41.9 Å². The highest BCUT2D eigenvalue weighted by Gasteiger charge is 2.06. The van der Waals surface area contributed by atoms with Crippen LogP contribution in [-0.4, -0.2) is 11.2 Å². The van der Waals surface area contributed by atoms with E-state index in [4.69, 9.17) is 11.6 Å². The van der Waals surface area contributed by atoms with E-state index in [0.29, 0.717) is 11.5 Å². The van der Waals surface area contributed by atoms with Gasteiger partial charge in [-0.15, -0.1) is 0 Å². The first-order chi connectivity index (χ1) is 5.70. The molecule has 12 heavy (non-hydrogen) atoms. The Kier molecular flexibility index (Phi) is 3.32. The Morgan fingerprint density at radius 2 is 2.00 bits per heavy atom. The van der Waals surface area contributed by atoms with Crippen LogP contribution in [0, 0.1) is 0 Å². The molecule has 64 valence electrons. The van der Waals surface area contributed by atoms with E-state index in [1.165, 1.54) is 0 Å². The second-order valence-electron chi connectivity index (χ2n) is 2.65. The van der Waals surface area contributed by atoms with E-state index in [0.717, 1.165) is 5.56 Å². The van der Waals surface area contributed by atoms with Gasteiger partial charge < -0.3 is 5.11 Å². The van der Waals surface area contributed by atoms with Crippen molar-refractivity contribution < 1.29 is 5.11 Å². The van der Waals surface area contributed by atoms with Crippen molar-refractivity contribution in [3.05, 3.63) is 47.5 Å². The van der Waals surface area contributed by atoms with Gasteiger partial charge in [0.15, 0.2) is 0 Å². The molecule has 0 amide bonds. The summed E-state index contributed by atoms with van der Waals surface area (Å²) in [6.07, 6.45) is -0.113. The molecule has 1 nitrogen and oxygen atoms in total. The lowest BCUT2D eigenvalue weighted by Gasteiger charge is -2.07. The number of halogens is 1. The largest absolute Gasteiger partial charge is 0.387 e. The molecule has 0 radical (unpaired) electrons. The Balaban J connectivity index is 2.58. The van der Waals surface area contributed by atoms with Crippen LogP contribution in [0.5, 0.6) is 0 Å². The van der Waals surface area contributed by atoms with Crippen molar-refractivity contribution in [1.29, 1.82) is 0 Å². The summed E-state index contributed by atoms with van der Waals surface area (Å²) in [6, 6.07) is 9.69. The molecule has 0 spiro atoms. The highest BCUT2D eigenvalue weighted by molar-refractivity contribution is 6.29. The lowest BCUT2D eigenvalue weighted by molar-refractivity contribution is 0.219. The van der Waals surface area contributed by atoms with Gasteiger partial charge in [0.2, 0.25) is 0 Å². The molecule has 0 saturated heterocycles. The summed E-state index contributed by atoms with van der Waals surface area (Å²) in [6.45, 7) is 3.47. The summed E-state index contributed by atoms with van der Waals surface area (Å²) in [5, 5.41) is 9.64. The molecule has 1 atom stereocenters. The summed E-state index contributed by atoms with van der Waals surface area (Å²) >= 11 is 5.53. The smallest absolute Gasteiger partial charge is 0.0929 e. The minimum atomic E-state index is -0.644. The predicted molar refractivity (Wildman–Crippen MR) is 51.1 cm³/mol. The van der Waals surface area contributed by atoms with Gasteiger partial charge in [0, 0.05) is 11.5 Å². The Hall–Kier alpha value is -0.790. The highest BCUT2D eigenvalue weighted by Crippen LogP contribution is 2.10. The molecule has 0 heterocycles. The van der Waals surface area contributed by atoms with E-state index >= 15 is 0 Å². The first-order valence-corrected chi connectivity index (χ1v) is 4.14. The average Bonchev–Trinajstić information content (AvgIpc) is 2.06. The van der Waals surface area contributed by atoms with Crippen molar-refractivity contribution in [2.45, 2.75) is 12.5 Å². The molecule has 1 rings (SSSR count). The number of hydrogen-bond donors (Lipinski definition) is 1. The van der Waals surface area contributed by atoms with Crippen molar-refractivity contribution in [3.8, 4) is 0 Å². The van der Waals surface area contributed by atoms with Gasteiger partial charge >= 0.3 is 0 Å². The summed E-state index contributed by atoms with van der Waals surface area (Å²) in [5.41, 5.74) is 1.06. The van der Waals surface area contributed by atoms with Crippen molar-refractivity contribution in [1.82, 2.24) is 0 Å². The average molecular weight is 183 g/mol. The fourth-order valence-corrected chi connectivity index (χ4v) is 1.03. The van der Waals surface area contributed by atoms with Crippen molar-refractivity contribution in [2.75, 3.05) is 0 Å². The van der Waals surface area contributed by atoms with Gasteiger partial charge in [0.1, 0.15) is 0 Å². The van der Waals surface area contributed by atoms with E-state index in [2.05, 4.69) is 6.58 Å². The van der Waals surface area contributed by atoms with Gasteiger partial charge in [-0.1, -0.05) is 48.5 Å². The molecule has 1 aromatic carbocycles. The van der Waals surface area contributed by atoms with E-state index in [-0.39, 0.29) is 0 Å². The fraction of sp³-hybridized carbons (Fsp3) is 0.200. The number of benzene rings is 1. The molecule has 2 heteroatoms. The Morgan fingerprint density at radius 1 is 1.42 bits per heavy atom. The zero-order valence-corrected chi connectivity index (χ0v) is 7.46. The molecule has 0 aliphatic carbocycles. The summed E-state index contributed by atoms with van der Waals surface area (Å²) in [7, 11) is 0. The third kappa shape index (κ3) is 2.68. The molecular weight excluding hydrogens is 172 g/mol. The zero-order chi connectivity index (χ0) is 8.97. The molecule has 1 unspecified atom stereocenters. The highest BCUT2D eigenvalue weighted by atomic mass is 35.5. The number of aliphatic hydroxyl groups excluding tert-OH is 1. The van der Waals surface area contributed by atoms with Crippen LogP contribution in [0.1, 0.15) is 5.56 Å². The maximum atomic E-state index is 9.35. The molecule has 0 fully saturated rings. The maximum absolute atomic E-state index is 9.35.